The van der Waals surface area contributed by atoms with Gasteiger partial charge in [0, 0.05) is 57.6 Å². The maximum Gasteiger partial charge on any atom is 0.109 e. The first-order valence-corrected chi connectivity index (χ1v) is 7.92. The summed E-state index contributed by atoms with van der Waals surface area (Å²) in [5.74, 6) is 2.57. The number of nitrogens with one attached hydrogen (secondary N) is 1. The molecule has 0 radical (unpaired) electrons. The van der Waals surface area contributed by atoms with Gasteiger partial charge in [-0.2, -0.15) is 0 Å². The monoisotopic (exact) mass is 278 g/mol. The Labute approximate surface area is 123 Å². The average Bonchev–Trinajstić information content (AvgIpc) is 2.81. The summed E-state index contributed by atoms with van der Waals surface area (Å²) in [6.45, 7) is 12.7. The van der Waals surface area contributed by atoms with Gasteiger partial charge in [-0.25, -0.2) is 4.98 Å². The minimum Gasteiger partial charge on any atom is -0.338 e. The summed E-state index contributed by atoms with van der Waals surface area (Å²) in [6, 6.07) is 1.26. The van der Waals surface area contributed by atoms with Crippen LogP contribution in [-0.4, -0.2) is 46.2 Å². The molecule has 0 spiro atoms. The number of aryl methyl sites for hydroxylation is 1. The largest absolute Gasteiger partial charge is 0.338 e. The number of rotatable bonds is 5. The molecule has 1 N–H and O–H groups in total. The first kappa shape index (κ1) is 15.5. The molecular formula is C16H30N4. The van der Waals surface area contributed by atoms with E-state index in [1.54, 1.807) is 0 Å². The Kier molecular flexibility index (Phi) is 5.22. The summed E-state index contributed by atoms with van der Waals surface area (Å²) >= 11 is 0. The predicted molar refractivity (Wildman–Crippen MR) is 83.7 cm³/mol. The zero-order valence-corrected chi connectivity index (χ0v) is 13.6. The molecule has 1 aliphatic heterocycles. The molecule has 1 aliphatic rings. The van der Waals surface area contributed by atoms with Crippen molar-refractivity contribution >= 4 is 0 Å². The molecule has 4 nitrogen and oxygen atoms in total. The van der Waals surface area contributed by atoms with Crippen molar-refractivity contribution in [3.8, 4) is 0 Å². The number of nitrogens with zero attached hydrogens (tertiary/aromatic N) is 3. The van der Waals surface area contributed by atoms with E-state index in [0.29, 0.717) is 23.9 Å². The van der Waals surface area contributed by atoms with E-state index in [2.05, 4.69) is 54.5 Å². The Morgan fingerprint density at radius 3 is 2.60 bits per heavy atom. The predicted octanol–water partition coefficient (Wildman–Crippen LogP) is 1.92. The fraction of sp³-hybridized carbons (Fsp3) is 0.812. The van der Waals surface area contributed by atoms with Crippen LogP contribution in [0.5, 0.6) is 0 Å². The quantitative estimate of drug-likeness (QED) is 0.893. The number of hydrogen-bond acceptors (Lipinski definition) is 3. The van der Waals surface area contributed by atoms with Gasteiger partial charge in [0.05, 0.1) is 0 Å². The molecule has 1 fully saturated rings. The number of hydrogen-bond donors (Lipinski definition) is 1. The Bertz CT molecular complexity index is 410. The molecule has 2 heterocycles. The van der Waals surface area contributed by atoms with Gasteiger partial charge in [0.1, 0.15) is 5.82 Å². The highest BCUT2D eigenvalue weighted by molar-refractivity contribution is 4.94. The van der Waals surface area contributed by atoms with Crippen LogP contribution in [0, 0.1) is 11.8 Å². The Morgan fingerprint density at radius 1 is 1.30 bits per heavy atom. The van der Waals surface area contributed by atoms with Crippen LogP contribution in [0.3, 0.4) is 0 Å². The molecule has 114 valence electrons. The lowest BCUT2D eigenvalue weighted by atomic mass is 9.94. The molecule has 1 aromatic rings. The van der Waals surface area contributed by atoms with Gasteiger partial charge in [-0.1, -0.05) is 27.7 Å². The smallest absolute Gasteiger partial charge is 0.109 e. The van der Waals surface area contributed by atoms with E-state index in [0.717, 1.165) is 26.1 Å². The molecule has 4 heteroatoms. The third-order valence-corrected chi connectivity index (χ3v) is 4.61. The van der Waals surface area contributed by atoms with Gasteiger partial charge in [-0.3, -0.25) is 4.90 Å². The fourth-order valence-electron chi connectivity index (χ4n) is 3.10. The highest BCUT2D eigenvalue weighted by Crippen LogP contribution is 2.18. The summed E-state index contributed by atoms with van der Waals surface area (Å²) in [5.41, 5.74) is 0. The van der Waals surface area contributed by atoms with E-state index in [1.165, 1.54) is 5.82 Å². The van der Waals surface area contributed by atoms with Crippen LogP contribution in [0.25, 0.3) is 0 Å². The molecule has 0 saturated carbocycles. The number of aromatic nitrogens is 2. The Hall–Kier alpha value is -0.870. The molecule has 2 atom stereocenters. The first-order chi connectivity index (χ1) is 9.49. The highest BCUT2D eigenvalue weighted by atomic mass is 15.2. The Morgan fingerprint density at radius 2 is 2.05 bits per heavy atom. The van der Waals surface area contributed by atoms with Gasteiger partial charge in [0.15, 0.2) is 0 Å². The van der Waals surface area contributed by atoms with Gasteiger partial charge in [0.25, 0.3) is 0 Å². The zero-order valence-electron chi connectivity index (χ0n) is 13.6. The zero-order chi connectivity index (χ0) is 14.7. The van der Waals surface area contributed by atoms with Crippen molar-refractivity contribution in [1.29, 1.82) is 0 Å². The summed E-state index contributed by atoms with van der Waals surface area (Å²) in [5, 5.41) is 3.72. The first-order valence-electron chi connectivity index (χ1n) is 7.92. The van der Waals surface area contributed by atoms with Crippen LogP contribution < -0.4 is 5.32 Å². The van der Waals surface area contributed by atoms with Crippen LogP contribution in [0.2, 0.25) is 0 Å². The second-order valence-corrected chi connectivity index (χ2v) is 6.77. The lowest BCUT2D eigenvalue weighted by Crippen LogP contribution is -2.60. The van der Waals surface area contributed by atoms with Gasteiger partial charge >= 0.3 is 0 Å². The minimum atomic E-state index is 0.617. The van der Waals surface area contributed by atoms with Crippen molar-refractivity contribution in [2.75, 3.05) is 19.6 Å². The molecule has 1 saturated heterocycles. The molecule has 0 bridgehead atoms. The summed E-state index contributed by atoms with van der Waals surface area (Å²) in [4.78, 5) is 7.11. The molecule has 1 aromatic heterocycles. The van der Waals surface area contributed by atoms with Crippen molar-refractivity contribution < 1.29 is 0 Å². The fourth-order valence-corrected chi connectivity index (χ4v) is 3.10. The van der Waals surface area contributed by atoms with E-state index in [4.69, 9.17) is 0 Å². The topological polar surface area (TPSA) is 33.1 Å². The van der Waals surface area contributed by atoms with E-state index >= 15 is 0 Å². The van der Waals surface area contributed by atoms with E-state index in [-0.39, 0.29) is 0 Å². The lowest BCUT2D eigenvalue weighted by Gasteiger charge is -2.43. The van der Waals surface area contributed by atoms with Crippen LogP contribution in [0.4, 0.5) is 0 Å². The van der Waals surface area contributed by atoms with Crippen molar-refractivity contribution in [3.63, 3.8) is 0 Å². The SMILES string of the molecule is CC(C)C1CN(CCc2nccn2C)C(C(C)C)CN1. The molecule has 2 rings (SSSR count). The summed E-state index contributed by atoms with van der Waals surface area (Å²) in [6.07, 6.45) is 4.96. The molecule has 0 amide bonds. The van der Waals surface area contributed by atoms with E-state index in [9.17, 15) is 0 Å². The van der Waals surface area contributed by atoms with Crippen molar-refractivity contribution in [3.05, 3.63) is 18.2 Å². The van der Waals surface area contributed by atoms with E-state index < -0.39 is 0 Å². The van der Waals surface area contributed by atoms with Crippen LogP contribution in [0.15, 0.2) is 12.4 Å². The maximum atomic E-state index is 4.44. The molecule has 0 aromatic carbocycles. The maximum absolute atomic E-state index is 4.44. The molecule has 20 heavy (non-hydrogen) atoms. The van der Waals surface area contributed by atoms with Crippen molar-refractivity contribution in [1.82, 2.24) is 19.8 Å². The number of imidazole rings is 1. The summed E-state index contributed by atoms with van der Waals surface area (Å²) in [7, 11) is 2.08. The second kappa shape index (κ2) is 6.72. The van der Waals surface area contributed by atoms with Crippen molar-refractivity contribution in [2.45, 2.75) is 46.2 Å². The van der Waals surface area contributed by atoms with Gasteiger partial charge in [-0.15, -0.1) is 0 Å². The standard InChI is InChI=1S/C16H30N4/c1-12(2)14-11-20(15(10-18-14)13(3)4)8-6-16-17-7-9-19(16)5/h7,9,12-15,18H,6,8,10-11H2,1-5H3. The van der Waals surface area contributed by atoms with Gasteiger partial charge < -0.3 is 9.88 Å². The van der Waals surface area contributed by atoms with Gasteiger partial charge in [0.2, 0.25) is 0 Å². The normalized spacial score (nSPS) is 24.8. The molecule has 0 aliphatic carbocycles. The second-order valence-electron chi connectivity index (χ2n) is 6.77. The van der Waals surface area contributed by atoms with Gasteiger partial charge in [-0.05, 0) is 11.8 Å². The molecule has 2 unspecified atom stereocenters. The van der Waals surface area contributed by atoms with Crippen LogP contribution in [-0.2, 0) is 13.5 Å². The molecular weight excluding hydrogens is 248 g/mol. The summed E-state index contributed by atoms with van der Waals surface area (Å²) < 4.78 is 2.13. The third kappa shape index (κ3) is 3.61. The highest BCUT2D eigenvalue weighted by Gasteiger charge is 2.30. The Balaban J connectivity index is 1.98. The lowest BCUT2D eigenvalue weighted by molar-refractivity contribution is 0.0857. The third-order valence-electron chi connectivity index (χ3n) is 4.61. The van der Waals surface area contributed by atoms with Crippen LogP contribution >= 0.6 is 0 Å². The van der Waals surface area contributed by atoms with E-state index in [1.807, 2.05) is 12.4 Å². The van der Waals surface area contributed by atoms with Crippen molar-refractivity contribution in [2.24, 2.45) is 18.9 Å². The van der Waals surface area contributed by atoms with Crippen LogP contribution in [0.1, 0.15) is 33.5 Å². The minimum absolute atomic E-state index is 0.617. The average molecular weight is 278 g/mol. The number of piperazine rings is 1.